The zero-order valence-corrected chi connectivity index (χ0v) is 6.03. The Balaban J connectivity index is 2.85. The molecular formula is C3H5OY. The predicted molar refractivity (Wildman–Crippen MR) is 15.5 cm³/mol. The number of ketones is 1. The van der Waals surface area contributed by atoms with E-state index >= 15 is 0 Å². The fourth-order valence-electron chi connectivity index (χ4n) is 0. The minimum absolute atomic E-state index is 0.312. The predicted octanol–water partition coefficient (Wildman–Crippen LogP) is 0.540. The van der Waals surface area contributed by atoms with Gasteiger partial charge in [0.05, 0.1) is 0 Å². The van der Waals surface area contributed by atoms with E-state index in [-0.39, 0.29) is 0 Å². The van der Waals surface area contributed by atoms with E-state index < -0.39 is 0 Å². The molecule has 2 heteroatoms. The molecule has 5 heavy (non-hydrogen) atoms. The molecule has 0 bridgehead atoms. The SMILES string of the molecule is CC(=O)[CH2][Y]. The fraction of sp³-hybridized carbons (Fsp3) is 0.667. The molecule has 0 aromatic heterocycles. The van der Waals surface area contributed by atoms with E-state index in [9.17, 15) is 4.79 Å². The molecule has 0 atom stereocenters. The summed E-state index contributed by atoms with van der Waals surface area (Å²) >= 11 is 1.08. The summed E-state index contributed by atoms with van der Waals surface area (Å²) in [7, 11) is 0. The van der Waals surface area contributed by atoms with Crippen molar-refractivity contribution in [3.63, 3.8) is 0 Å². The molecule has 0 aromatic rings. The molecular weight excluding hydrogens is 141 g/mol. The van der Waals surface area contributed by atoms with Gasteiger partial charge in [0.15, 0.2) is 0 Å². The van der Waals surface area contributed by atoms with Crippen LogP contribution in [0.1, 0.15) is 6.92 Å². The van der Waals surface area contributed by atoms with Gasteiger partial charge in [0, 0.05) is 0 Å². The van der Waals surface area contributed by atoms with Crippen LogP contribution in [0.4, 0.5) is 0 Å². The Bertz CT molecular complexity index is 42.2. The number of hydrogen-bond acceptors (Lipinski definition) is 1. The maximum absolute atomic E-state index is 9.84. The summed E-state index contributed by atoms with van der Waals surface area (Å²) in [5, 5.41) is 0. The maximum atomic E-state index is 9.84. The van der Waals surface area contributed by atoms with Gasteiger partial charge in [-0.25, -0.2) is 0 Å². The second kappa shape index (κ2) is 2.98. The summed E-state index contributed by atoms with van der Waals surface area (Å²) in [5.74, 6) is 0.312. The zero-order chi connectivity index (χ0) is 4.28. The van der Waals surface area contributed by atoms with Crippen molar-refractivity contribution >= 4 is 5.78 Å². The average Bonchev–Trinajstić information content (AvgIpc) is 1.38. The van der Waals surface area contributed by atoms with Crippen molar-refractivity contribution in [3.8, 4) is 0 Å². The second-order valence-electron chi connectivity index (χ2n) is 0.906. The number of carbonyl (C=O) groups is 1. The van der Waals surface area contributed by atoms with E-state index in [1.54, 1.807) is 6.92 Å². The molecule has 0 aliphatic carbocycles. The number of hydrogen-bond donors (Lipinski definition) is 0. The van der Waals surface area contributed by atoms with Gasteiger partial charge in [0.2, 0.25) is 0 Å². The summed E-state index contributed by atoms with van der Waals surface area (Å²) in [6.07, 6.45) is 0. The molecule has 0 fully saturated rings. The molecule has 0 N–H and O–H groups in total. The van der Waals surface area contributed by atoms with Crippen molar-refractivity contribution in [3.05, 3.63) is 0 Å². The van der Waals surface area contributed by atoms with Crippen LogP contribution in [0.2, 0.25) is 3.23 Å². The van der Waals surface area contributed by atoms with Crippen LogP contribution in [-0.4, -0.2) is 5.78 Å². The second-order valence-corrected chi connectivity index (χ2v) is 1.91. The van der Waals surface area contributed by atoms with E-state index in [4.69, 9.17) is 0 Å². The standard InChI is InChI=1S/C3H5O.Y/c1-3(2)4;/h1H2,2H3;. The fourth-order valence-corrected chi connectivity index (χ4v) is 0. The normalized spacial score (nSPS) is 7.20. The monoisotopic (exact) mass is 146 g/mol. The topological polar surface area (TPSA) is 17.1 Å². The van der Waals surface area contributed by atoms with Gasteiger partial charge in [-0.1, -0.05) is 0 Å². The molecule has 0 aliphatic heterocycles. The average molecular weight is 146 g/mol. The summed E-state index contributed by atoms with van der Waals surface area (Å²) in [6.45, 7) is 1.62. The van der Waals surface area contributed by atoms with Crippen LogP contribution in [-0.2, 0) is 35.7 Å². The number of rotatable bonds is 1. The Morgan fingerprint density at radius 3 is 2.20 bits per heavy atom. The van der Waals surface area contributed by atoms with Gasteiger partial charge in [-0.2, -0.15) is 0 Å². The van der Waals surface area contributed by atoms with Crippen LogP contribution in [0.15, 0.2) is 0 Å². The molecule has 26 valence electrons. The van der Waals surface area contributed by atoms with Crippen molar-refractivity contribution in [2.45, 2.75) is 10.2 Å². The van der Waals surface area contributed by atoms with Crippen molar-refractivity contribution < 1.29 is 35.7 Å². The van der Waals surface area contributed by atoms with Crippen molar-refractivity contribution in [2.24, 2.45) is 0 Å². The van der Waals surface area contributed by atoms with Crippen LogP contribution in [0.5, 0.6) is 0 Å². The summed E-state index contributed by atoms with van der Waals surface area (Å²) in [6, 6.07) is 0. The van der Waals surface area contributed by atoms with E-state index in [1.807, 2.05) is 0 Å². The zero-order valence-electron chi connectivity index (χ0n) is 3.19. The molecule has 0 aliphatic rings. The first-order valence-electron chi connectivity index (χ1n) is 1.47. The molecule has 0 saturated heterocycles. The third-order valence-corrected chi connectivity index (χ3v) is 1.70. The molecule has 0 saturated carbocycles. The molecule has 0 rings (SSSR count). The van der Waals surface area contributed by atoms with Crippen LogP contribution < -0.4 is 0 Å². The van der Waals surface area contributed by atoms with Gasteiger partial charge >= 0.3 is 51.7 Å². The molecule has 0 spiro atoms. The van der Waals surface area contributed by atoms with Crippen LogP contribution >= 0.6 is 0 Å². The quantitative estimate of drug-likeness (QED) is 0.527. The van der Waals surface area contributed by atoms with Crippen molar-refractivity contribution in [2.75, 3.05) is 0 Å². The molecule has 0 heterocycles. The van der Waals surface area contributed by atoms with Crippen LogP contribution in [0.25, 0.3) is 0 Å². The third kappa shape index (κ3) is 4.77. The van der Waals surface area contributed by atoms with Crippen LogP contribution in [0.3, 0.4) is 0 Å². The Kier molecular flexibility index (Phi) is 3.45. The first-order chi connectivity index (χ1) is 2.27. The van der Waals surface area contributed by atoms with E-state index in [0.29, 0.717) is 5.78 Å². The summed E-state index contributed by atoms with van der Waals surface area (Å²) in [5.41, 5.74) is 0. The van der Waals surface area contributed by atoms with Crippen molar-refractivity contribution in [1.82, 2.24) is 0 Å². The first-order valence-corrected chi connectivity index (χ1v) is 3.47. The van der Waals surface area contributed by atoms with E-state index in [0.717, 1.165) is 34.2 Å². The van der Waals surface area contributed by atoms with Gasteiger partial charge in [-0.15, -0.1) is 0 Å². The molecule has 0 unspecified atom stereocenters. The van der Waals surface area contributed by atoms with Gasteiger partial charge in [0.1, 0.15) is 0 Å². The Morgan fingerprint density at radius 1 is 2.00 bits per heavy atom. The minimum atomic E-state index is 0.312. The third-order valence-electron chi connectivity index (χ3n) is 0.287. The Hall–Kier alpha value is 0.774. The van der Waals surface area contributed by atoms with Gasteiger partial charge < -0.3 is 0 Å². The molecule has 0 aromatic carbocycles. The van der Waals surface area contributed by atoms with E-state index in [1.165, 1.54) is 0 Å². The van der Waals surface area contributed by atoms with E-state index in [2.05, 4.69) is 0 Å². The summed E-state index contributed by atoms with van der Waals surface area (Å²) < 4.78 is 0.797. The first kappa shape index (κ1) is 5.77. The number of carbonyl (C=O) groups excluding carboxylic acids is 1. The van der Waals surface area contributed by atoms with Gasteiger partial charge in [0.25, 0.3) is 0 Å². The molecule has 1 nitrogen and oxygen atoms in total. The molecule has 0 radical (unpaired) electrons. The van der Waals surface area contributed by atoms with Gasteiger partial charge in [-0.3, -0.25) is 0 Å². The molecule has 0 amide bonds. The Labute approximate surface area is 51.6 Å². The van der Waals surface area contributed by atoms with Gasteiger partial charge in [-0.05, 0) is 0 Å². The summed E-state index contributed by atoms with van der Waals surface area (Å²) in [4.78, 5) is 9.84. The van der Waals surface area contributed by atoms with Crippen LogP contribution in [0, 0.1) is 0 Å². The van der Waals surface area contributed by atoms with Crippen molar-refractivity contribution in [1.29, 1.82) is 0 Å². The Morgan fingerprint density at radius 2 is 2.20 bits per heavy atom. The number of Topliss-reactive ketones (excluding diaryl/α,β-unsaturated/α-hetero) is 1.